The highest BCUT2D eigenvalue weighted by molar-refractivity contribution is 7.18. The van der Waals surface area contributed by atoms with Gasteiger partial charge < -0.3 is 14.8 Å². The predicted molar refractivity (Wildman–Crippen MR) is 114 cm³/mol. The fourth-order valence-corrected chi connectivity index (χ4v) is 3.74. The number of rotatable bonds is 8. The van der Waals surface area contributed by atoms with Crippen molar-refractivity contribution in [3.8, 4) is 0 Å². The Labute approximate surface area is 179 Å². The van der Waals surface area contributed by atoms with Crippen LogP contribution in [0.4, 0.5) is 5.00 Å². The van der Waals surface area contributed by atoms with Gasteiger partial charge in [-0.1, -0.05) is 37.6 Å². The maximum absolute atomic E-state index is 12.5. The topological polar surface area (TPSA) is 81.7 Å². The molecule has 2 aromatic rings. The van der Waals surface area contributed by atoms with E-state index in [9.17, 15) is 14.4 Å². The second kappa shape index (κ2) is 10.4. The summed E-state index contributed by atoms with van der Waals surface area (Å²) in [5, 5.41) is 3.59. The molecule has 0 aliphatic carbocycles. The first-order chi connectivity index (χ1) is 13.7. The molecular weight excluding hydrogens is 414 g/mol. The van der Waals surface area contributed by atoms with E-state index in [2.05, 4.69) is 5.32 Å². The van der Waals surface area contributed by atoms with E-state index in [0.29, 0.717) is 10.6 Å². The largest absolute Gasteiger partial charge is 0.462 e. The molecule has 0 bridgehead atoms. The molecule has 0 unspecified atom stereocenters. The number of hydrogen-bond donors (Lipinski definition) is 1. The van der Waals surface area contributed by atoms with Gasteiger partial charge in [0.05, 0.1) is 25.2 Å². The van der Waals surface area contributed by atoms with E-state index in [1.165, 1.54) is 0 Å². The number of nitrogens with one attached hydrogen (secondary N) is 1. The Balaban J connectivity index is 2.26. The average Bonchev–Trinajstić information content (AvgIpc) is 2.97. The van der Waals surface area contributed by atoms with E-state index in [-0.39, 0.29) is 46.9 Å². The molecule has 1 heterocycles. The molecule has 0 spiro atoms. The molecule has 0 saturated heterocycles. The molecule has 0 aliphatic heterocycles. The lowest BCUT2D eigenvalue weighted by atomic mass is 10.1. The van der Waals surface area contributed by atoms with Crippen LogP contribution in [0.15, 0.2) is 24.3 Å². The minimum absolute atomic E-state index is 0.101. The number of hydrogen-bond acceptors (Lipinski definition) is 6. The smallest absolute Gasteiger partial charge is 0.348 e. The zero-order valence-electron chi connectivity index (χ0n) is 16.8. The minimum Gasteiger partial charge on any atom is -0.462 e. The van der Waals surface area contributed by atoms with E-state index in [1.54, 1.807) is 38.1 Å². The molecule has 0 saturated carbocycles. The van der Waals surface area contributed by atoms with Crippen LogP contribution >= 0.6 is 22.9 Å². The van der Waals surface area contributed by atoms with Crippen LogP contribution in [-0.4, -0.2) is 31.1 Å². The Morgan fingerprint density at radius 3 is 2.34 bits per heavy atom. The van der Waals surface area contributed by atoms with Crippen LogP contribution in [0.2, 0.25) is 5.02 Å². The Hall–Kier alpha value is -2.38. The van der Waals surface area contributed by atoms with Crippen molar-refractivity contribution in [2.45, 2.75) is 34.1 Å². The van der Waals surface area contributed by atoms with Crippen molar-refractivity contribution in [3.05, 3.63) is 50.9 Å². The van der Waals surface area contributed by atoms with Gasteiger partial charge in [-0.15, -0.1) is 11.3 Å². The summed E-state index contributed by atoms with van der Waals surface area (Å²) < 4.78 is 10.4. The predicted octanol–water partition coefficient (Wildman–Crippen LogP) is 4.88. The molecule has 0 atom stereocenters. The zero-order valence-corrected chi connectivity index (χ0v) is 18.4. The summed E-state index contributed by atoms with van der Waals surface area (Å²) in [6.45, 7) is 7.64. The number of carbonyl (C=O) groups is 3. The zero-order chi connectivity index (χ0) is 21.6. The number of anilines is 1. The highest BCUT2D eigenvalue weighted by Gasteiger charge is 2.27. The van der Waals surface area contributed by atoms with Crippen LogP contribution in [0.1, 0.15) is 51.9 Å². The Bertz CT molecular complexity index is 889. The molecule has 6 nitrogen and oxygen atoms in total. The summed E-state index contributed by atoms with van der Waals surface area (Å²) in [6, 6.07) is 6.91. The normalized spacial score (nSPS) is 10.7. The van der Waals surface area contributed by atoms with Crippen molar-refractivity contribution in [3.63, 3.8) is 0 Å². The summed E-state index contributed by atoms with van der Waals surface area (Å²) in [5.74, 6) is -1.25. The van der Waals surface area contributed by atoms with E-state index in [0.717, 1.165) is 16.9 Å². The standard InChI is InChI=1S/C21H24ClNO5S/c1-5-27-20(25)17-13(4)18(21(26)28-11-12(2)3)29-19(17)23-16(24)10-14-6-8-15(22)9-7-14/h6-9,12H,5,10-11H2,1-4H3,(H,23,24). The number of benzene rings is 1. The number of amides is 1. The van der Waals surface area contributed by atoms with Crippen molar-refractivity contribution >= 4 is 45.8 Å². The van der Waals surface area contributed by atoms with Gasteiger partial charge in [0.2, 0.25) is 5.91 Å². The lowest BCUT2D eigenvalue weighted by Gasteiger charge is -2.07. The highest BCUT2D eigenvalue weighted by Crippen LogP contribution is 2.34. The minimum atomic E-state index is -0.592. The van der Waals surface area contributed by atoms with Gasteiger partial charge in [-0.3, -0.25) is 4.79 Å². The van der Waals surface area contributed by atoms with Gasteiger partial charge in [0.1, 0.15) is 9.88 Å². The third-order valence-electron chi connectivity index (χ3n) is 3.89. The number of esters is 2. The summed E-state index contributed by atoms with van der Waals surface area (Å²) >= 11 is 6.88. The van der Waals surface area contributed by atoms with Crippen LogP contribution < -0.4 is 5.32 Å². The second-order valence-corrected chi connectivity index (χ2v) is 8.28. The van der Waals surface area contributed by atoms with Crippen LogP contribution in [0.3, 0.4) is 0 Å². The highest BCUT2D eigenvalue weighted by atomic mass is 35.5. The SMILES string of the molecule is CCOC(=O)c1c(NC(=O)Cc2ccc(Cl)cc2)sc(C(=O)OCC(C)C)c1C. The van der Waals surface area contributed by atoms with Crippen molar-refractivity contribution in [2.75, 3.05) is 18.5 Å². The van der Waals surface area contributed by atoms with Crippen LogP contribution in [0.5, 0.6) is 0 Å². The van der Waals surface area contributed by atoms with Crippen molar-refractivity contribution in [1.29, 1.82) is 0 Å². The van der Waals surface area contributed by atoms with E-state index >= 15 is 0 Å². The maximum atomic E-state index is 12.5. The van der Waals surface area contributed by atoms with Crippen LogP contribution in [0.25, 0.3) is 0 Å². The molecule has 0 radical (unpaired) electrons. The fourth-order valence-electron chi connectivity index (χ4n) is 2.51. The molecule has 0 fully saturated rings. The molecule has 8 heteroatoms. The maximum Gasteiger partial charge on any atom is 0.348 e. The van der Waals surface area contributed by atoms with Crippen molar-refractivity contribution in [1.82, 2.24) is 0 Å². The summed E-state index contributed by atoms with van der Waals surface area (Å²) in [7, 11) is 0. The molecular formula is C21H24ClNO5S. The molecule has 1 N–H and O–H groups in total. The van der Waals surface area contributed by atoms with Crippen molar-refractivity contribution in [2.24, 2.45) is 5.92 Å². The quantitative estimate of drug-likeness (QED) is 0.595. The number of thiophene rings is 1. The third-order valence-corrected chi connectivity index (χ3v) is 5.33. The molecule has 1 aromatic carbocycles. The Morgan fingerprint density at radius 2 is 1.76 bits per heavy atom. The molecule has 29 heavy (non-hydrogen) atoms. The third kappa shape index (κ3) is 6.30. The fraction of sp³-hybridized carbons (Fsp3) is 0.381. The van der Waals surface area contributed by atoms with Gasteiger partial charge in [-0.2, -0.15) is 0 Å². The first-order valence-corrected chi connectivity index (χ1v) is 10.4. The van der Waals surface area contributed by atoms with Crippen LogP contribution in [-0.2, 0) is 20.7 Å². The number of halogens is 1. The van der Waals surface area contributed by atoms with Crippen molar-refractivity contribution < 1.29 is 23.9 Å². The molecule has 1 amide bonds. The van der Waals surface area contributed by atoms with Gasteiger partial charge in [-0.05, 0) is 43.0 Å². The first kappa shape index (κ1) is 22.9. The first-order valence-electron chi connectivity index (χ1n) is 9.24. The van der Waals surface area contributed by atoms with Gasteiger partial charge in [0.15, 0.2) is 0 Å². The second-order valence-electron chi connectivity index (χ2n) is 6.82. The molecule has 156 valence electrons. The van der Waals surface area contributed by atoms with E-state index in [4.69, 9.17) is 21.1 Å². The van der Waals surface area contributed by atoms with Gasteiger partial charge in [-0.25, -0.2) is 9.59 Å². The summed E-state index contributed by atoms with van der Waals surface area (Å²) in [5.41, 5.74) is 1.39. The molecule has 2 rings (SSSR count). The number of carbonyl (C=O) groups excluding carboxylic acids is 3. The monoisotopic (exact) mass is 437 g/mol. The lowest BCUT2D eigenvalue weighted by molar-refractivity contribution is -0.115. The lowest BCUT2D eigenvalue weighted by Crippen LogP contribution is -2.16. The summed E-state index contributed by atoms with van der Waals surface area (Å²) in [6.07, 6.45) is 0.101. The van der Waals surface area contributed by atoms with Gasteiger partial charge in [0, 0.05) is 5.02 Å². The molecule has 0 aliphatic rings. The van der Waals surface area contributed by atoms with Gasteiger partial charge >= 0.3 is 11.9 Å². The van der Waals surface area contributed by atoms with Crippen LogP contribution in [0, 0.1) is 12.8 Å². The van der Waals surface area contributed by atoms with E-state index in [1.807, 2.05) is 13.8 Å². The van der Waals surface area contributed by atoms with Gasteiger partial charge in [0.25, 0.3) is 0 Å². The molecule has 1 aromatic heterocycles. The Morgan fingerprint density at radius 1 is 1.10 bits per heavy atom. The summed E-state index contributed by atoms with van der Waals surface area (Å²) in [4.78, 5) is 37.6. The number of ether oxygens (including phenoxy) is 2. The Kier molecular flexibility index (Phi) is 8.22. The average molecular weight is 438 g/mol. The van der Waals surface area contributed by atoms with E-state index < -0.39 is 11.9 Å².